The van der Waals surface area contributed by atoms with Gasteiger partial charge in [0, 0.05) is 6.42 Å². The molecule has 0 aromatic heterocycles. The smallest absolute Gasteiger partial charge is 0.416 e. The minimum absolute atomic E-state index is 0.259. The second kappa shape index (κ2) is 5.83. The maximum atomic E-state index is 13.8. The first-order chi connectivity index (χ1) is 11.5. The Morgan fingerprint density at radius 1 is 0.800 bits per heavy atom. The molecule has 1 nitrogen and oxygen atoms in total. The van der Waals surface area contributed by atoms with Crippen molar-refractivity contribution in [2.24, 2.45) is 0 Å². The van der Waals surface area contributed by atoms with Crippen LogP contribution in [0.15, 0.2) is 42.5 Å². The molecular formula is C17H11ClF6O. The standard InChI is InChI=1S/C17H11ClF6O/c18-15(17(22,23)24,11-1-3-12(4-2-11)16(19,20)21)13-5-6-14-10(9-13)7-8-25-14/h1-6,9H,7-8H2. The predicted octanol–water partition coefficient (Wildman–Crippen LogP) is 5.69. The van der Waals surface area contributed by atoms with Gasteiger partial charge in [0.2, 0.25) is 0 Å². The molecule has 2 aromatic rings. The Hall–Kier alpha value is -1.89. The Kier molecular flexibility index (Phi) is 4.18. The molecule has 134 valence electrons. The lowest BCUT2D eigenvalue weighted by molar-refractivity contribution is -0.154. The van der Waals surface area contributed by atoms with Gasteiger partial charge < -0.3 is 4.74 Å². The molecule has 1 aliphatic rings. The number of hydrogen-bond acceptors (Lipinski definition) is 1. The summed E-state index contributed by atoms with van der Waals surface area (Å²) in [5, 5.41) is 0. The Balaban J connectivity index is 2.11. The lowest BCUT2D eigenvalue weighted by Gasteiger charge is -2.31. The fourth-order valence-corrected chi connectivity index (χ4v) is 3.03. The van der Waals surface area contributed by atoms with Gasteiger partial charge in [-0.2, -0.15) is 26.3 Å². The monoisotopic (exact) mass is 380 g/mol. The van der Waals surface area contributed by atoms with Crippen molar-refractivity contribution in [1.82, 2.24) is 0 Å². The Labute approximate surface area is 144 Å². The molecule has 0 amide bonds. The van der Waals surface area contributed by atoms with Gasteiger partial charge in [-0.25, -0.2) is 0 Å². The fraction of sp³-hybridized carbons (Fsp3) is 0.294. The largest absolute Gasteiger partial charge is 0.493 e. The molecule has 0 aliphatic carbocycles. The van der Waals surface area contributed by atoms with E-state index >= 15 is 0 Å². The van der Waals surface area contributed by atoms with Crippen LogP contribution in [0.25, 0.3) is 0 Å². The van der Waals surface area contributed by atoms with Crippen LogP contribution in [0.3, 0.4) is 0 Å². The summed E-state index contributed by atoms with van der Waals surface area (Å²) in [7, 11) is 0. The summed E-state index contributed by atoms with van der Waals surface area (Å²) < 4.78 is 84.6. The van der Waals surface area contributed by atoms with Gasteiger partial charge in [-0.05, 0) is 41.0 Å². The zero-order valence-corrected chi connectivity index (χ0v) is 13.3. The van der Waals surface area contributed by atoms with Gasteiger partial charge in [0.15, 0.2) is 4.87 Å². The molecule has 1 unspecified atom stereocenters. The normalized spacial score (nSPS) is 16.9. The highest BCUT2D eigenvalue weighted by molar-refractivity contribution is 6.26. The number of hydrogen-bond donors (Lipinski definition) is 0. The quantitative estimate of drug-likeness (QED) is 0.481. The minimum atomic E-state index is -4.91. The zero-order valence-electron chi connectivity index (χ0n) is 12.5. The number of benzene rings is 2. The number of rotatable bonds is 2. The summed E-state index contributed by atoms with van der Waals surface area (Å²) in [5.41, 5.74) is -1.20. The molecule has 0 spiro atoms. The first-order valence-corrected chi connectivity index (χ1v) is 7.61. The molecular weight excluding hydrogens is 370 g/mol. The third kappa shape index (κ3) is 3.05. The maximum Gasteiger partial charge on any atom is 0.416 e. The van der Waals surface area contributed by atoms with Gasteiger partial charge in [-0.1, -0.05) is 29.8 Å². The summed E-state index contributed by atoms with van der Waals surface area (Å²) in [4.78, 5) is -2.95. The topological polar surface area (TPSA) is 9.23 Å². The van der Waals surface area contributed by atoms with Crippen LogP contribution in [-0.2, 0) is 17.5 Å². The average Bonchev–Trinajstić information content (AvgIpc) is 2.99. The molecule has 1 atom stereocenters. The molecule has 0 fully saturated rings. The van der Waals surface area contributed by atoms with Gasteiger partial charge in [-0.3, -0.25) is 0 Å². The second-order valence-corrected chi connectivity index (χ2v) is 6.22. The van der Waals surface area contributed by atoms with Crippen LogP contribution in [-0.4, -0.2) is 12.8 Å². The molecule has 0 N–H and O–H groups in total. The van der Waals surface area contributed by atoms with E-state index in [1.165, 1.54) is 18.2 Å². The van der Waals surface area contributed by atoms with E-state index in [9.17, 15) is 26.3 Å². The van der Waals surface area contributed by atoms with Gasteiger partial charge >= 0.3 is 12.4 Å². The van der Waals surface area contributed by atoms with E-state index in [2.05, 4.69) is 0 Å². The molecule has 0 saturated carbocycles. The van der Waals surface area contributed by atoms with Crippen molar-refractivity contribution in [2.45, 2.75) is 23.6 Å². The van der Waals surface area contributed by atoms with Crippen LogP contribution in [0.1, 0.15) is 22.3 Å². The van der Waals surface area contributed by atoms with Gasteiger partial charge in [0.1, 0.15) is 5.75 Å². The lowest BCUT2D eigenvalue weighted by atomic mass is 9.88. The van der Waals surface area contributed by atoms with Crippen molar-refractivity contribution in [1.29, 1.82) is 0 Å². The Morgan fingerprint density at radius 2 is 1.36 bits per heavy atom. The highest BCUT2D eigenvalue weighted by Crippen LogP contribution is 2.51. The maximum absolute atomic E-state index is 13.8. The van der Waals surface area contributed by atoms with E-state index in [1.807, 2.05) is 0 Å². The molecule has 1 aliphatic heterocycles. The third-order valence-electron chi connectivity index (χ3n) is 4.09. The van der Waals surface area contributed by atoms with Crippen molar-refractivity contribution in [3.63, 3.8) is 0 Å². The van der Waals surface area contributed by atoms with Crippen LogP contribution in [0, 0.1) is 0 Å². The second-order valence-electron chi connectivity index (χ2n) is 5.65. The van der Waals surface area contributed by atoms with E-state index in [-0.39, 0.29) is 5.56 Å². The van der Waals surface area contributed by atoms with E-state index in [4.69, 9.17) is 16.3 Å². The first-order valence-electron chi connectivity index (χ1n) is 7.23. The highest BCUT2D eigenvalue weighted by Gasteiger charge is 2.56. The minimum Gasteiger partial charge on any atom is -0.493 e. The van der Waals surface area contributed by atoms with E-state index < -0.39 is 28.4 Å². The number of ether oxygens (including phenoxy) is 1. The van der Waals surface area contributed by atoms with Crippen molar-refractivity contribution >= 4 is 11.6 Å². The summed E-state index contributed by atoms with van der Waals surface area (Å²) in [5.74, 6) is 0.484. The molecule has 8 heteroatoms. The number of halogens is 7. The predicted molar refractivity (Wildman–Crippen MR) is 79.8 cm³/mol. The van der Waals surface area contributed by atoms with Gasteiger partial charge in [0.05, 0.1) is 12.2 Å². The molecule has 0 bridgehead atoms. The fourth-order valence-electron chi connectivity index (χ4n) is 2.78. The average molecular weight is 381 g/mol. The summed E-state index contributed by atoms with van der Waals surface area (Å²) in [6.07, 6.45) is -9.11. The third-order valence-corrected chi connectivity index (χ3v) is 4.74. The van der Waals surface area contributed by atoms with Crippen LogP contribution in [0.5, 0.6) is 5.75 Å². The van der Waals surface area contributed by atoms with E-state index in [0.717, 1.165) is 12.1 Å². The first kappa shape index (κ1) is 17.9. The van der Waals surface area contributed by atoms with Crippen molar-refractivity contribution in [2.75, 3.05) is 6.61 Å². The number of fused-ring (bicyclic) bond motifs is 1. The molecule has 3 rings (SSSR count). The lowest BCUT2D eigenvalue weighted by Crippen LogP contribution is -2.38. The molecule has 0 radical (unpaired) electrons. The van der Waals surface area contributed by atoms with Gasteiger partial charge in [0.25, 0.3) is 0 Å². The summed E-state index contributed by atoms with van der Waals surface area (Å²) >= 11 is 5.99. The zero-order chi connectivity index (χ0) is 18.5. The molecule has 25 heavy (non-hydrogen) atoms. The van der Waals surface area contributed by atoms with Crippen LogP contribution in [0.4, 0.5) is 26.3 Å². The Bertz CT molecular complexity index is 781. The van der Waals surface area contributed by atoms with Crippen molar-refractivity contribution in [3.8, 4) is 5.75 Å². The van der Waals surface area contributed by atoms with Crippen molar-refractivity contribution in [3.05, 3.63) is 64.7 Å². The molecule has 2 aromatic carbocycles. The molecule has 1 heterocycles. The van der Waals surface area contributed by atoms with E-state index in [1.54, 1.807) is 0 Å². The van der Waals surface area contributed by atoms with Gasteiger partial charge in [-0.15, -0.1) is 0 Å². The number of alkyl halides is 7. The Morgan fingerprint density at radius 3 is 1.92 bits per heavy atom. The summed E-state index contributed by atoms with van der Waals surface area (Å²) in [6.45, 7) is 0.361. The van der Waals surface area contributed by atoms with Crippen molar-refractivity contribution < 1.29 is 31.1 Å². The molecule has 0 saturated heterocycles. The van der Waals surface area contributed by atoms with Crippen LogP contribution in [0.2, 0.25) is 0 Å². The SMILES string of the molecule is FC(F)(F)c1ccc(C(Cl)(c2ccc3c(c2)CCO3)C(F)(F)F)cc1. The van der Waals surface area contributed by atoms with E-state index in [0.29, 0.717) is 36.5 Å². The summed E-state index contributed by atoms with van der Waals surface area (Å²) in [6, 6.07) is 6.57. The van der Waals surface area contributed by atoms with Crippen LogP contribution >= 0.6 is 11.6 Å². The highest BCUT2D eigenvalue weighted by atomic mass is 35.5. The van der Waals surface area contributed by atoms with Crippen LogP contribution < -0.4 is 4.74 Å².